The molecule has 0 bridgehead atoms. The summed E-state index contributed by atoms with van der Waals surface area (Å²) in [4.78, 5) is 11.0. The molecule has 2 aromatic heterocycles. The third-order valence-corrected chi connectivity index (χ3v) is 3.85. The molecule has 0 saturated carbocycles. The average molecular weight is 275 g/mol. The summed E-state index contributed by atoms with van der Waals surface area (Å²) >= 11 is 1.58. The van der Waals surface area contributed by atoms with Crippen molar-refractivity contribution < 1.29 is 0 Å². The summed E-state index contributed by atoms with van der Waals surface area (Å²) in [7, 11) is 0. The third kappa shape index (κ3) is 2.73. The molecule has 5 nitrogen and oxygen atoms in total. The summed E-state index contributed by atoms with van der Waals surface area (Å²) < 4.78 is 2.03. The molecule has 0 amide bonds. The summed E-state index contributed by atoms with van der Waals surface area (Å²) in [6.45, 7) is 5.15. The van der Waals surface area contributed by atoms with Crippen molar-refractivity contribution in [1.82, 2.24) is 19.7 Å². The van der Waals surface area contributed by atoms with Crippen molar-refractivity contribution in [3.8, 4) is 0 Å². The van der Waals surface area contributed by atoms with Crippen LogP contribution in [0.4, 0.5) is 5.82 Å². The van der Waals surface area contributed by atoms with Crippen LogP contribution in [0.5, 0.6) is 0 Å². The maximum Gasteiger partial charge on any atom is 0.189 e. The number of thioether (sulfide) groups is 1. The molecule has 0 spiro atoms. The minimum Gasteiger partial charge on any atom is -0.356 e. The quantitative estimate of drug-likeness (QED) is 0.629. The molecule has 0 radical (unpaired) electrons. The Morgan fingerprint density at radius 1 is 1.42 bits per heavy atom. The van der Waals surface area contributed by atoms with Crippen molar-refractivity contribution in [1.29, 1.82) is 0 Å². The molecule has 0 atom stereocenters. The summed E-state index contributed by atoms with van der Waals surface area (Å²) in [5, 5.41) is 5.17. The number of anilines is 1. The molecular formula is C13H17N5S. The molecule has 0 aromatic carbocycles. The first-order valence-electron chi connectivity index (χ1n) is 6.35. The van der Waals surface area contributed by atoms with Gasteiger partial charge < -0.3 is 4.90 Å². The van der Waals surface area contributed by atoms with Crippen molar-refractivity contribution in [2.75, 3.05) is 24.2 Å². The van der Waals surface area contributed by atoms with Crippen molar-refractivity contribution in [2.24, 2.45) is 5.92 Å². The number of nitrogens with zero attached hydrogens (tertiary/aromatic N) is 5. The maximum absolute atomic E-state index is 4.51. The number of hydrogen-bond acceptors (Lipinski definition) is 5. The predicted octanol–water partition coefficient (Wildman–Crippen LogP) is 1.84. The lowest BCUT2D eigenvalue weighted by atomic mass is 10.0. The van der Waals surface area contributed by atoms with Crippen LogP contribution in [-0.4, -0.2) is 39.1 Å². The summed E-state index contributed by atoms with van der Waals surface area (Å²) in [6, 6.07) is 1.98. The van der Waals surface area contributed by atoms with E-state index in [1.165, 1.54) is 5.56 Å². The Morgan fingerprint density at radius 3 is 2.95 bits per heavy atom. The van der Waals surface area contributed by atoms with Crippen LogP contribution in [0.25, 0.3) is 0 Å². The van der Waals surface area contributed by atoms with Crippen molar-refractivity contribution in [2.45, 2.75) is 18.6 Å². The lowest BCUT2D eigenvalue weighted by Crippen LogP contribution is -2.49. The van der Waals surface area contributed by atoms with Gasteiger partial charge in [0.2, 0.25) is 0 Å². The van der Waals surface area contributed by atoms with E-state index in [-0.39, 0.29) is 0 Å². The van der Waals surface area contributed by atoms with Gasteiger partial charge in [-0.15, -0.1) is 0 Å². The molecule has 0 aliphatic carbocycles. The smallest absolute Gasteiger partial charge is 0.189 e. The Hall–Kier alpha value is -1.56. The second kappa shape index (κ2) is 5.21. The van der Waals surface area contributed by atoms with Gasteiger partial charge in [-0.05, 0) is 24.8 Å². The molecule has 0 N–H and O–H groups in total. The van der Waals surface area contributed by atoms with E-state index in [0.717, 1.165) is 30.6 Å². The fourth-order valence-electron chi connectivity index (χ4n) is 2.31. The van der Waals surface area contributed by atoms with Crippen LogP contribution in [0, 0.1) is 12.8 Å². The van der Waals surface area contributed by atoms with Crippen molar-refractivity contribution >= 4 is 17.6 Å². The van der Waals surface area contributed by atoms with Gasteiger partial charge in [0.25, 0.3) is 0 Å². The minimum absolute atomic E-state index is 0.659. The fraction of sp³-hybridized carbons (Fsp3) is 0.462. The van der Waals surface area contributed by atoms with Gasteiger partial charge in [0.05, 0.1) is 6.20 Å². The van der Waals surface area contributed by atoms with E-state index in [1.807, 2.05) is 29.4 Å². The van der Waals surface area contributed by atoms with E-state index in [0.29, 0.717) is 5.92 Å². The first-order chi connectivity index (χ1) is 9.24. The van der Waals surface area contributed by atoms with Crippen molar-refractivity contribution in [3.63, 3.8) is 0 Å². The SMILES string of the molecule is CSc1nccc(N2CC(Cn3cc(C)cn3)C2)n1. The van der Waals surface area contributed by atoms with Gasteiger partial charge in [-0.3, -0.25) is 4.68 Å². The highest BCUT2D eigenvalue weighted by Gasteiger charge is 2.28. The zero-order chi connectivity index (χ0) is 13.2. The molecule has 3 heterocycles. The van der Waals surface area contributed by atoms with Crippen molar-refractivity contribution in [3.05, 3.63) is 30.2 Å². The van der Waals surface area contributed by atoms with E-state index in [9.17, 15) is 0 Å². The summed E-state index contributed by atoms with van der Waals surface area (Å²) in [6.07, 6.45) is 7.83. The highest BCUT2D eigenvalue weighted by molar-refractivity contribution is 7.98. The molecule has 100 valence electrons. The highest BCUT2D eigenvalue weighted by atomic mass is 32.2. The molecule has 1 aliphatic rings. The summed E-state index contributed by atoms with van der Waals surface area (Å²) in [5.41, 5.74) is 1.22. The molecule has 0 unspecified atom stereocenters. The number of rotatable bonds is 4. The molecule has 1 saturated heterocycles. The van der Waals surface area contributed by atoms with E-state index < -0.39 is 0 Å². The zero-order valence-corrected chi connectivity index (χ0v) is 12.0. The molecule has 6 heteroatoms. The molecular weight excluding hydrogens is 258 g/mol. The van der Waals surface area contributed by atoms with Crippen LogP contribution >= 0.6 is 11.8 Å². The predicted molar refractivity (Wildman–Crippen MR) is 76.5 cm³/mol. The Morgan fingerprint density at radius 2 is 2.26 bits per heavy atom. The van der Waals surface area contributed by atoms with Crippen LogP contribution in [-0.2, 0) is 6.54 Å². The lowest BCUT2D eigenvalue weighted by molar-refractivity contribution is 0.339. The van der Waals surface area contributed by atoms with Gasteiger partial charge in [0, 0.05) is 37.9 Å². The Balaban J connectivity index is 1.57. The van der Waals surface area contributed by atoms with Crippen LogP contribution in [0.3, 0.4) is 0 Å². The lowest BCUT2D eigenvalue weighted by Gasteiger charge is -2.40. The Labute approximate surface area is 117 Å². The first kappa shape index (κ1) is 12.5. The zero-order valence-electron chi connectivity index (χ0n) is 11.2. The van der Waals surface area contributed by atoms with Crippen LogP contribution < -0.4 is 4.90 Å². The molecule has 1 aliphatic heterocycles. The minimum atomic E-state index is 0.659. The average Bonchev–Trinajstić information content (AvgIpc) is 2.79. The Bertz CT molecular complexity index is 562. The van der Waals surface area contributed by atoms with Gasteiger partial charge in [0.15, 0.2) is 5.16 Å². The van der Waals surface area contributed by atoms with Gasteiger partial charge in [-0.25, -0.2) is 9.97 Å². The van der Waals surface area contributed by atoms with Gasteiger partial charge >= 0.3 is 0 Å². The molecule has 19 heavy (non-hydrogen) atoms. The first-order valence-corrected chi connectivity index (χ1v) is 7.58. The second-order valence-corrected chi connectivity index (χ2v) is 5.69. The Kier molecular flexibility index (Phi) is 3.42. The van der Waals surface area contributed by atoms with E-state index in [4.69, 9.17) is 0 Å². The summed E-state index contributed by atoms with van der Waals surface area (Å²) in [5.74, 6) is 1.69. The van der Waals surface area contributed by atoms with E-state index >= 15 is 0 Å². The normalized spacial score (nSPS) is 15.6. The van der Waals surface area contributed by atoms with Crippen LogP contribution in [0.15, 0.2) is 29.8 Å². The third-order valence-electron chi connectivity index (χ3n) is 3.29. The number of hydrogen-bond donors (Lipinski definition) is 0. The van der Waals surface area contributed by atoms with Gasteiger partial charge in [-0.2, -0.15) is 5.10 Å². The van der Waals surface area contributed by atoms with Crippen LogP contribution in [0.2, 0.25) is 0 Å². The molecule has 2 aromatic rings. The fourth-order valence-corrected chi connectivity index (χ4v) is 2.66. The van der Waals surface area contributed by atoms with Crippen LogP contribution in [0.1, 0.15) is 5.56 Å². The topological polar surface area (TPSA) is 46.8 Å². The van der Waals surface area contributed by atoms with E-state index in [1.54, 1.807) is 11.8 Å². The van der Waals surface area contributed by atoms with E-state index in [2.05, 4.69) is 33.1 Å². The molecule has 3 rings (SSSR count). The van der Waals surface area contributed by atoms with Gasteiger partial charge in [-0.1, -0.05) is 11.8 Å². The largest absolute Gasteiger partial charge is 0.356 e. The van der Waals surface area contributed by atoms with Gasteiger partial charge in [0.1, 0.15) is 5.82 Å². The maximum atomic E-state index is 4.51. The highest BCUT2D eigenvalue weighted by Crippen LogP contribution is 2.24. The number of aryl methyl sites for hydroxylation is 1. The standard InChI is InChI=1S/C13H17N5S/c1-10-5-15-18(6-10)9-11-7-17(8-11)12-3-4-14-13(16-12)19-2/h3-6,11H,7-9H2,1-2H3. The second-order valence-electron chi connectivity index (χ2n) is 4.91. The molecule has 1 fully saturated rings. The monoisotopic (exact) mass is 275 g/mol. The number of aromatic nitrogens is 4.